The lowest BCUT2D eigenvalue weighted by Crippen LogP contribution is -1.95. The summed E-state index contributed by atoms with van der Waals surface area (Å²) in [7, 11) is 1.59. The first-order valence-electron chi connectivity index (χ1n) is 7.08. The van der Waals surface area contributed by atoms with Crippen LogP contribution in [0, 0.1) is 0 Å². The molecule has 0 aliphatic rings. The minimum atomic E-state index is 0.00616. The van der Waals surface area contributed by atoms with Crippen LogP contribution in [0.1, 0.15) is 11.5 Å². The monoisotopic (exact) mass is 312 g/mol. The van der Waals surface area contributed by atoms with Gasteiger partial charge >= 0.3 is 0 Å². The van der Waals surface area contributed by atoms with Crippen LogP contribution in [-0.4, -0.2) is 22.4 Å². The Hall–Kier alpha value is -2.86. The van der Waals surface area contributed by atoms with Crippen LogP contribution >= 0.6 is 0 Å². The number of rotatable bonds is 6. The van der Waals surface area contributed by atoms with E-state index in [1.54, 1.807) is 31.4 Å². The lowest BCUT2D eigenvalue weighted by Gasteiger charge is -2.04. The molecule has 118 valence electrons. The molecule has 3 aromatic rings. The standard InChI is InChI=1S/C17H16N2O4/c1-21-15-5-3-2-4-14(15)17-19-18-16(23-17)11-22-13-8-6-12(10-20)7-9-13/h2-9,20H,10-11H2,1H3. The molecule has 1 N–H and O–H groups in total. The maximum absolute atomic E-state index is 9.01. The van der Waals surface area contributed by atoms with E-state index in [2.05, 4.69) is 10.2 Å². The molecule has 0 bridgehead atoms. The predicted molar refractivity (Wildman–Crippen MR) is 83.0 cm³/mol. The average Bonchev–Trinajstić information content (AvgIpc) is 3.09. The fourth-order valence-corrected chi connectivity index (χ4v) is 2.08. The smallest absolute Gasteiger partial charge is 0.254 e. The van der Waals surface area contributed by atoms with E-state index in [0.717, 1.165) is 11.1 Å². The number of aliphatic hydroxyl groups excluding tert-OH is 1. The topological polar surface area (TPSA) is 77.6 Å². The fraction of sp³-hybridized carbons (Fsp3) is 0.176. The summed E-state index contributed by atoms with van der Waals surface area (Å²) in [6.07, 6.45) is 0. The van der Waals surface area contributed by atoms with Gasteiger partial charge in [0.05, 0.1) is 19.3 Å². The highest BCUT2D eigenvalue weighted by atomic mass is 16.5. The Bertz CT molecular complexity index is 768. The lowest BCUT2D eigenvalue weighted by molar-refractivity contribution is 0.263. The van der Waals surface area contributed by atoms with Gasteiger partial charge in [-0.15, -0.1) is 10.2 Å². The summed E-state index contributed by atoms with van der Waals surface area (Å²) in [6.45, 7) is 0.173. The Morgan fingerprint density at radius 3 is 2.57 bits per heavy atom. The molecule has 0 unspecified atom stereocenters. The minimum Gasteiger partial charge on any atom is -0.496 e. The summed E-state index contributed by atoms with van der Waals surface area (Å²) in [4.78, 5) is 0. The fourth-order valence-electron chi connectivity index (χ4n) is 2.08. The van der Waals surface area contributed by atoms with Crippen LogP contribution in [-0.2, 0) is 13.2 Å². The SMILES string of the molecule is COc1ccccc1-c1nnc(COc2ccc(CO)cc2)o1. The Kier molecular flexibility index (Phi) is 4.54. The van der Waals surface area contributed by atoms with Crippen molar-refractivity contribution in [3.63, 3.8) is 0 Å². The second-order valence-electron chi connectivity index (χ2n) is 4.79. The molecule has 1 aromatic heterocycles. The number of ether oxygens (including phenoxy) is 2. The van der Waals surface area contributed by atoms with Crippen molar-refractivity contribution < 1.29 is 19.0 Å². The number of aromatic nitrogens is 2. The van der Waals surface area contributed by atoms with Crippen molar-refractivity contribution in [1.29, 1.82) is 0 Å². The molecule has 6 nitrogen and oxygen atoms in total. The molecule has 0 saturated carbocycles. The van der Waals surface area contributed by atoms with Gasteiger partial charge in [0.15, 0.2) is 6.61 Å². The first kappa shape index (κ1) is 15.1. The first-order valence-corrected chi connectivity index (χ1v) is 7.08. The third-order valence-corrected chi connectivity index (χ3v) is 3.27. The maximum atomic E-state index is 9.01. The summed E-state index contributed by atoms with van der Waals surface area (Å²) in [5, 5.41) is 17.0. The number of aliphatic hydroxyl groups is 1. The summed E-state index contributed by atoms with van der Waals surface area (Å²) in [5.74, 6) is 2.09. The van der Waals surface area contributed by atoms with Crippen LogP contribution in [0.5, 0.6) is 11.5 Å². The largest absolute Gasteiger partial charge is 0.496 e. The Labute approximate surface area is 133 Å². The molecule has 1 heterocycles. The normalized spacial score (nSPS) is 10.5. The van der Waals surface area contributed by atoms with Gasteiger partial charge in [-0.25, -0.2) is 0 Å². The molecule has 3 rings (SSSR count). The number of para-hydroxylation sites is 1. The lowest BCUT2D eigenvalue weighted by atomic mass is 10.2. The number of hydrogen-bond donors (Lipinski definition) is 1. The third kappa shape index (κ3) is 3.49. The summed E-state index contributed by atoms with van der Waals surface area (Å²) in [6, 6.07) is 14.6. The van der Waals surface area contributed by atoms with E-state index in [0.29, 0.717) is 23.3 Å². The van der Waals surface area contributed by atoms with Crippen LogP contribution in [0.4, 0.5) is 0 Å². The average molecular weight is 312 g/mol. The van der Waals surface area contributed by atoms with E-state index in [1.165, 1.54) is 0 Å². The van der Waals surface area contributed by atoms with Gasteiger partial charge in [0.1, 0.15) is 11.5 Å². The third-order valence-electron chi connectivity index (χ3n) is 3.27. The zero-order chi connectivity index (χ0) is 16.1. The first-order chi connectivity index (χ1) is 11.3. The van der Waals surface area contributed by atoms with Gasteiger partial charge in [-0.05, 0) is 29.8 Å². The van der Waals surface area contributed by atoms with Crippen molar-refractivity contribution in [2.24, 2.45) is 0 Å². The quantitative estimate of drug-likeness (QED) is 0.754. The predicted octanol–water partition coefficient (Wildman–Crippen LogP) is 2.82. The van der Waals surface area contributed by atoms with Crippen LogP contribution < -0.4 is 9.47 Å². The maximum Gasteiger partial charge on any atom is 0.254 e. The van der Waals surface area contributed by atoms with Crippen molar-refractivity contribution >= 4 is 0 Å². The van der Waals surface area contributed by atoms with Crippen molar-refractivity contribution in [3.05, 3.63) is 60.0 Å². The van der Waals surface area contributed by atoms with E-state index in [-0.39, 0.29) is 13.2 Å². The van der Waals surface area contributed by atoms with Gasteiger partial charge in [0.25, 0.3) is 11.8 Å². The molecule has 0 radical (unpaired) electrons. The van der Waals surface area contributed by atoms with Crippen LogP contribution in [0.15, 0.2) is 52.9 Å². The molecular weight excluding hydrogens is 296 g/mol. The molecular formula is C17H16N2O4. The molecule has 0 aliphatic heterocycles. The Balaban J connectivity index is 1.69. The van der Waals surface area contributed by atoms with Crippen molar-refractivity contribution in [1.82, 2.24) is 10.2 Å². The van der Waals surface area contributed by atoms with Crippen molar-refractivity contribution in [2.75, 3.05) is 7.11 Å². The zero-order valence-corrected chi connectivity index (χ0v) is 12.6. The molecule has 6 heteroatoms. The van der Waals surface area contributed by atoms with E-state index in [4.69, 9.17) is 19.0 Å². The summed E-state index contributed by atoms with van der Waals surface area (Å²) in [5.41, 5.74) is 1.56. The summed E-state index contributed by atoms with van der Waals surface area (Å²) >= 11 is 0. The molecule has 0 aliphatic carbocycles. The highest BCUT2D eigenvalue weighted by molar-refractivity contribution is 5.62. The van der Waals surface area contributed by atoms with Gasteiger partial charge in [-0.1, -0.05) is 24.3 Å². The number of benzene rings is 2. The van der Waals surface area contributed by atoms with Crippen molar-refractivity contribution in [3.8, 4) is 23.0 Å². The van der Waals surface area contributed by atoms with E-state index in [9.17, 15) is 0 Å². The van der Waals surface area contributed by atoms with Crippen LogP contribution in [0.3, 0.4) is 0 Å². The van der Waals surface area contributed by atoms with E-state index < -0.39 is 0 Å². The molecule has 0 saturated heterocycles. The minimum absolute atomic E-state index is 0.00616. The molecule has 0 fully saturated rings. The van der Waals surface area contributed by atoms with Gasteiger partial charge in [-0.3, -0.25) is 0 Å². The van der Waals surface area contributed by atoms with Gasteiger partial charge in [0.2, 0.25) is 0 Å². The highest BCUT2D eigenvalue weighted by Crippen LogP contribution is 2.28. The number of hydrogen-bond acceptors (Lipinski definition) is 6. The molecule has 2 aromatic carbocycles. The second-order valence-corrected chi connectivity index (χ2v) is 4.79. The summed E-state index contributed by atoms with van der Waals surface area (Å²) < 4.78 is 16.5. The number of methoxy groups -OCH3 is 1. The molecule has 0 atom stereocenters. The van der Waals surface area contributed by atoms with Crippen LogP contribution in [0.25, 0.3) is 11.5 Å². The molecule has 0 amide bonds. The van der Waals surface area contributed by atoms with Gasteiger partial charge in [0, 0.05) is 0 Å². The van der Waals surface area contributed by atoms with Crippen molar-refractivity contribution in [2.45, 2.75) is 13.2 Å². The van der Waals surface area contributed by atoms with Gasteiger partial charge < -0.3 is 19.0 Å². The van der Waals surface area contributed by atoms with E-state index >= 15 is 0 Å². The molecule has 23 heavy (non-hydrogen) atoms. The van der Waals surface area contributed by atoms with Crippen LogP contribution in [0.2, 0.25) is 0 Å². The van der Waals surface area contributed by atoms with E-state index in [1.807, 2.05) is 24.3 Å². The molecule has 0 spiro atoms. The zero-order valence-electron chi connectivity index (χ0n) is 12.6. The van der Waals surface area contributed by atoms with Gasteiger partial charge in [-0.2, -0.15) is 0 Å². The highest BCUT2D eigenvalue weighted by Gasteiger charge is 2.13. The second kappa shape index (κ2) is 6.93. The Morgan fingerprint density at radius 2 is 1.83 bits per heavy atom. The number of nitrogens with zero attached hydrogens (tertiary/aromatic N) is 2. The Morgan fingerprint density at radius 1 is 1.04 bits per heavy atom.